The number of hydrogen-bond acceptors (Lipinski definition) is 4. The highest BCUT2D eigenvalue weighted by Crippen LogP contribution is 1.89. The minimum atomic E-state index is -0.203. The number of aryl methyl sites for hydroxylation is 1. The molecule has 0 radical (unpaired) electrons. The van der Waals surface area contributed by atoms with Crippen molar-refractivity contribution in [3.05, 3.63) is 34.5 Å². The van der Waals surface area contributed by atoms with Crippen LogP contribution in [0.15, 0.2) is 23.3 Å². The molecule has 60 valence electrons. The molecule has 0 aliphatic heterocycles. The average molecular weight is 162 g/mol. The summed E-state index contributed by atoms with van der Waals surface area (Å²) in [6.45, 7) is 1.75. The minimum absolute atomic E-state index is 0.203. The smallest absolute Gasteiger partial charge is 0.267 e. The maximum Gasteiger partial charge on any atom is 0.275 e. The third kappa shape index (κ3) is 0.952. The maximum absolute atomic E-state index is 11.2. The van der Waals surface area contributed by atoms with E-state index >= 15 is 0 Å². The molecule has 2 aromatic heterocycles. The highest BCUT2D eigenvalue weighted by Gasteiger charge is 1.98. The van der Waals surface area contributed by atoms with Gasteiger partial charge in [0.1, 0.15) is 0 Å². The number of aromatic nitrogens is 4. The zero-order valence-corrected chi connectivity index (χ0v) is 6.43. The van der Waals surface area contributed by atoms with Crippen molar-refractivity contribution in [2.45, 2.75) is 6.92 Å². The van der Waals surface area contributed by atoms with Crippen LogP contribution in [-0.4, -0.2) is 19.6 Å². The Morgan fingerprint density at radius 1 is 1.42 bits per heavy atom. The summed E-state index contributed by atoms with van der Waals surface area (Å²) in [6.07, 6.45) is 2.95. The molecule has 2 rings (SSSR count). The second-order valence-corrected chi connectivity index (χ2v) is 2.39. The Morgan fingerprint density at radius 3 is 3.08 bits per heavy atom. The van der Waals surface area contributed by atoms with Gasteiger partial charge in [0, 0.05) is 11.8 Å². The monoisotopic (exact) mass is 162 g/mol. The Morgan fingerprint density at radius 2 is 2.25 bits per heavy atom. The summed E-state index contributed by atoms with van der Waals surface area (Å²) >= 11 is 0. The lowest BCUT2D eigenvalue weighted by Gasteiger charge is -1.95. The number of hydrogen-bond donors (Lipinski definition) is 0. The molecule has 0 atom stereocenters. The molecule has 0 aromatic carbocycles. The molecule has 0 amide bonds. The van der Waals surface area contributed by atoms with Crippen LogP contribution in [0, 0.1) is 6.92 Å². The van der Waals surface area contributed by atoms with E-state index in [0.717, 1.165) is 4.52 Å². The van der Waals surface area contributed by atoms with Gasteiger partial charge in [-0.25, -0.2) is 9.97 Å². The van der Waals surface area contributed by atoms with Gasteiger partial charge in [-0.05, 0) is 6.92 Å². The Labute approximate surface area is 67.7 Å². The van der Waals surface area contributed by atoms with Crippen LogP contribution in [0.3, 0.4) is 0 Å². The molecule has 0 saturated carbocycles. The van der Waals surface area contributed by atoms with E-state index in [4.69, 9.17) is 0 Å². The zero-order valence-electron chi connectivity index (χ0n) is 6.43. The van der Waals surface area contributed by atoms with E-state index in [1.54, 1.807) is 6.92 Å². The summed E-state index contributed by atoms with van der Waals surface area (Å²) in [6, 6.07) is 1.42. The molecular formula is C7H6N4O. The fourth-order valence-corrected chi connectivity index (χ4v) is 0.964. The van der Waals surface area contributed by atoms with Crippen molar-refractivity contribution in [3.8, 4) is 0 Å². The zero-order chi connectivity index (χ0) is 8.55. The molecule has 0 aliphatic rings. The van der Waals surface area contributed by atoms with E-state index in [9.17, 15) is 4.79 Å². The van der Waals surface area contributed by atoms with Gasteiger partial charge in [0.2, 0.25) is 0 Å². The molecule has 0 saturated heterocycles. The Hall–Kier alpha value is -1.78. The highest BCUT2D eigenvalue weighted by molar-refractivity contribution is 5.24. The molecule has 0 bridgehead atoms. The quantitative estimate of drug-likeness (QED) is 0.538. The van der Waals surface area contributed by atoms with Gasteiger partial charge in [0.15, 0.2) is 0 Å². The van der Waals surface area contributed by atoms with Crippen LogP contribution in [-0.2, 0) is 0 Å². The first-order valence-electron chi connectivity index (χ1n) is 3.45. The van der Waals surface area contributed by atoms with Crippen LogP contribution >= 0.6 is 0 Å². The molecule has 0 aliphatic carbocycles. The van der Waals surface area contributed by atoms with Gasteiger partial charge in [-0.3, -0.25) is 4.79 Å². The fraction of sp³-hybridized carbons (Fsp3) is 0.143. The second kappa shape index (κ2) is 2.37. The van der Waals surface area contributed by atoms with Crippen LogP contribution < -0.4 is 5.56 Å². The van der Waals surface area contributed by atoms with Gasteiger partial charge >= 0.3 is 0 Å². The van der Waals surface area contributed by atoms with Crippen LogP contribution in [0.5, 0.6) is 0 Å². The summed E-state index contributed by atoms with van der Waals surface area (Å²) in [5.41, 5.74) is 0.450. The van der Waals surface area contributed by atoms with Crippen LogP contribution in [0.1, 0.15) is 5.69 Å². The molecule has 2 aromatic rings. The topological polar surface area (TPSA) is 60.2 Å². The average Bonchev–Trinajstić information content (AvgIpc) is 2.04. The first-order chi connectivity index (χ1) is 5.77. The lowest BCUT2D eigenvalue weighted by molar-refractivity contribution is 0.828. The molecule has 0 fully saturated rings. The highest BCUT2D eigenvalue weighted by atomic mass is 16.1. The van der Waals surface area contributed by atoms with Crippen molar-refractivity contribution in [1.82, 2.24) is 19.6 Å². The number of fused-ring (bicyclic) bond motifs is 1. The van der Waals surface area contributed by atoms with Gasteiger partial charge in [-0.1, -0.05) is 0 Å². The maximum atomic E-state index is 11.2. The van der Waals surface area contributed by atoms with Crippen molar-refractivity contribution in [2.24, 2.45) is 0 Å². The molecule has 0 unspecified atom stereocenters. The summed E-state index contributed by atoms with van der Waals surface area (Å²) in [5, 5.41) is 3.80. The van der Waals surface area contributed by atoms with Crippen molar-refractivity contribution < 1.29 is 0 Å². The Balaban J connectivity index is 2.99. The van der Waals surface area contributed by atoms with Gasteiger partial charge in [-0.2, -0.15) is 9.61 Å². The molecule has 12 heavy (non-hydrogen) atoms. The SMILES string of the molecule is Cc1cc(=O)n2nccnc2n1. The van der Waals surface area contributed by atoms with Crippen LogP contribution in [0.25, 0.3) is 5.78 Å². The van der Waals surface area contributed by atoms with Crippen LogP contribution in [0.4, 0.5) is 0 Å². The minimum Gasteiger partial charge on any atom is -0.267 e. The van der Waals surface area contributed by atoms with Crippen LogP contribution in [0.2, 0.25) is 0 Å². The molecule has 5 nitrogen and oxygen atoms in total. The van der Waals surface area contributed by atoms with Crippen molar-refractivity contribution in [1.29, 1.82) is 0 Å². The standard InChI is InChI=1S/C7H6N4O/c1-5-4-6(12)11-7(10-5)8-2-3-9-11/h2-4H,1H3. The normalized spacial score (nSPS) is 10.4. The predicted molar refractivity (Wildman–Crippen MR) is 41.8 cm³/mol. The third-order valence-electron chi connectivity index (χ3n) is 1.45. The lowest BCUT2D eigenvalue weighted by Crippen LogP contribution is -2.17. The second-order valence-electron chi connectivity index (χ2n) is 2.39. The van der Waals surface area contributed by atoms with E-state index in [0.29, 0.717) is 11.5 Å². The molecule has 0 N–H and O–H groups in total. The Bertz CT molecular complexity index is 476. The van der Waals surface area contributed by atoms with E-state index in [1.165, 1.54) is 18.5 Å². The summed E-state index contributed by atoms with van der Waals surface area (Å²) in [5.74, 6) is 0.336. The fourth-order valence-electron chi connectivity index (χ4n) is 0.964. The Kier molecular flexibility index (Phi) is 1.36. The number of rotatable bonds is 0. The van der Waals surface area contributed by atoms with E-state index < -0.39 is 0 Å². The predicted octanol–water partition coefficient (Wildman–Crippen LogP) is -0.207. The van der Waals surface area contributed by atoms with E-state index in [1.807, 2.05) is 0 Å². The van der Waals surface area contributed by atoms with Gasteiger partial charge < -0.3 is 0 Å². The van der Waals surface area contributed by atoms with Crippen molar-refractivity contribution >= 4 is 5.78 Å². The van der Waals surface area contributed by atoms with E-state index in [2.05, 4.69) is 15.1 Å². The summed E-state index contributed by atoms with van der Waals surface area (Å²) in [4.78, 5) is 19.1. The first-order valence-corrected chi connectivity index (χ1v) is 3.45. The van der Waals surface area contributed by atoms with Crippen molar-refractivity contribution in [2.75, 3.05) is 0 Å². The third-order valence-corrected chi connectivity index (χ3v) is 1.45. The van der Waals surface area contributed by atoms with Crippen molar-refractivity contribution in [3.63, 3.8) is 0 Å². The van der Waals surface area contributed by atoms with Gasteiger partial charge in [0.25, 0.3) is 11.3 Å². The molecular weight excluding hydrogens is 156 g/mol. The lowest BCUT2D eigenvalue weighted by atomic mass is 10.4. The molecule has 5 heteroatoms. The first kappa shape index (κ1) is 6.90. The van der Waals surface area contributed by atoms with Gasteiger partial charge in [-0.15, -0.1) is 0 Å². The molecule has 0 spiro atoms. The van der Waals surface area contributed by atoms with E-state index in [-0.39, 0.29) is 5.56 Å². The largest absolute Gasteiger partial charge is 0.275 e. The molecule has 2 heterocycles. The summed E-state index contributed by atoms with van der Waals surface area (Å²) < 4.78 is 1.16. The summed E-state index contributed by atoms with van der Waals surface area (Å²) in [7, 11) is 0. The van der Waals surface area contributed by atoms with Gasteiger partial charge in [0.05, 0.1) is 12.4 Å². The number of nitrogens with zero attached hydrogens (tertiary/aromatic N) is 4.